The van der Waals surface area contributed by atoms with E-state index >= 15 is 0 Å². The first kappa shape index (κ1) is 7.80. The van der Waals surface area contributed by atoms with Crippen molar-refractivity contribution < 1.29 is 4.74 Å². The predicted octanol–water partition coefficient (Wildman–Crippen LogP) is 2.52. The fourth-order valence-corrected chi connectivity index (χ4v) is 1.02. The van der Waals surface area contributed by atoms with Crippen LogP contribution in [0.3, 0.4) is 0 Å². The van der Waals surface area contributed by atoms with Crippen molar-refractivity contribution in [2.75, 3.05) is 7.11 Å². The Labute approximate surface area is 63.1 Å². The normalized spacial score (nSPS) is 20.3. The smallest absolute Gasteiger partial charge is 0.0715 e. The summed E-state index contributed by atoms with van der Waals surface area (Å²) >= 11 is 0. The molecule has 1 aliphatic carbocycles. The van der Waals surface area contributed by atoms with Gasteiger partial charge in [-0.05, 0) is 33.1 Å². The summed E-state index contributed by atoms with van der Waals surface area (Å²) < 4.78 is 5.35. The van der Waals surface area contributed by atoms with Gasteiger partial charge in [-0.3, -0.25) is 0 Å². The van der Waals surface area contributed by atoms with Crippen molar-refractivity contribution in [2.24, 2.45) is 0 Å². The van der Waals surface area contributed by atoms with Crippen molar-refractivity contribution in [1.29, 1.82) is 0 Å². The van der Waals surface area contributed by atoms with Gasteiger partial charge in [0.2, 0.25) is 0 Å². The van der Waals surface area contributed by atoms with Crippen LogP contribution in [0.4, 0.5) is 0 Å². The molecule has 0 N–H and O–H groups in total. The summed E-state index contributed by atoms with van der Waals surface area (Å²) in [6, 6.07) is 0. The van der Waals surface area contributed by atoms with Gasteiger partial charge in [0.05, 0.1) is 5.60 Å². The second kappa shape index (κ2) is 2.75. The third-order valence-electron chi connectivity index (χ3n) is 2.12. The summed E-state index contributed by atoms with van der Waals surface area (Å²) in [5.74, 6) is 0. The summed E-state index contributed by atoms with van der Waals surface area (Å²) in [7, 11) is 1.81. The predicted molar refractivity (Wildman–Crippen MR) is 43.0 cm³/mol. The minimum absolute atomic E-state index is 0.247. The van der Waals surface area contributed by atoms with Crippen LogP contribution < -0.4 is 0 Å². The van der Waals surface area contributed by atoms with Crippen LogP contribution in [-0.2, 0) is 4.74 Å². The molecule has 1 heteroatoms. The fraction of sp³-hybridized carbons (Fsp3) is 0.778. The Morgan fingerprint density at radius 2 is 2.10 bits per heavy atom. The van der Waals surface area contributed by atoms with Crippen molar-refractivity contribution in [3.8, 4) is 0 Å². The first-order chi connectivity index (χ1) is 4.68. The number of hydrogen-bond acceptors (Lipinski definition) is 1. The summed E-state index contributed by atoms with van der Waals surface area (Å²) in [6.45, 7) is 4.26. The van der Waals surface area contributed by atoms with E-state index in [0.29, 0.717) is 0 Å². The third kappa shape index (κ3) is 1.84. The first-order valence-corrected chi connectivity index (χ1v) is 3.87. The van der Waals surface area contributed by atoms with Crippen LogP contribution in [0.15, 0.2) is 11.6 Å². The number of allylic oxidation sites excluding steroid dienone is 1. The van der Waals surface area contributed by atoms with Gasteiger partial charge in [-0.1, -0.05) is 11.6 Å². The molecule has 0 aromatic rings. The van der Waals surface area contributed by atoms with Gasteiger partial charge in [-0.2, -0.15) is 0 Å². The van der Waals surface area contributed by atoms with E-state index in [-0.39, 0.29) is 5.60 Å². The first-order valence-electron chi connectivity index (χ1n) is 3.87. The van der Waals surface area contributed by atoms with E-state index in [9.17, 15) is 0 Å². The van der Waals surface area contributed by atoms with Crippen LogP contribution in [0.5, 0.6) is 0 Å². The molecule has 1 fully saturated rings. The lowest BCUT2D eigenvalue weighted by Crippen LogP contribution is -2.09. The quantitative estimate of drug-likeness (QED) is 0.547. The van der Waals surface area contributed by atoms with Gasteiger partial charge in [-0.25, -0.2) is 0 Å². The van der Waals surface area contributed by atoms with Gasteiger partial charge < -0.3 is 4.74 Å². The van der Waals surface area contributed by atoms with Gasteiger partial charge in [0.15, 0.2) is 0 Å². The topological polar surface area (TPSA) is 9.23 Å². The maximum Gasteiger partial charge on any atom is 0.0715 e. The van der Waals surface area contributed by atoms with Crippen molar-refractivity contribution in [3.05, 3.63) is 11.6 Å². The largest absolute Gasteiger partial charge is 0.378 e. The van der Waals surface area contributed by atoms with E-state index in [2.05, 4.69) is 19.9 Å². The molecular weight excluding hydrogens is 124 g/mol. The molecular formula is C9H16O. The van der Waals surface area contributed by atoms with Crippen LogP contribution >= 0.6 is 0 Å². The summed E-state index contributed by atoms with van der Waals surface area (Å²) in [4.78, 5) is 0. The van der Waals surface area contributed by atoms with E-state index in [4.69, 9.17) is 4.74 Å². The summed E-state index contributed by atoms with van der Waals surface area (Å²) in [6.07, 6.45) is 5.85. The second-order valence-corrected chi connectivity index (χ2v) is 3.37. The highest BCUT2D eigenvalue weighted by molar-refractivity contribution is 5.05. The second-order valence-electron chi connectivity index (χ2n) is 3.37. The highest BCUT2D eigenvalue weighted by Crippen LogP contribution is 2.42. The van der Waals surface area contributed by atoms with Crippen molar-refractivity contribution >= 4 is 0 Å². The highest BCUT2D eigenvalue weighted by Gasteiger charge is 2.41. The van der Waals surface area contributed by atoms with Gasteiger partial charge in [0, 0.05) is 7.11 Å². The standard InChI is InChI=1S/C9H16O/c1-8(2)4-5-9(10-3)6-7-9/h4H,5-7H2,1-3H3. The van der Waals surface area contributed by atoms with Crippen LogP contribution in [0.1, 0.15) is 33.1 Å². The molecule has 0 aromatic heterocycles. The Hall–Kier alpha value is -0.300. The zero-order chi connectivity index (χ0) is 7.61. The maximum atomic E-state index is 5.35. The molecule has 0 amide bonds. The van der Waals surface area contributed by atoms with E-state index in [1.54, 1.807) is 0 Å². The monoisotopic (exact) mass is 140 g/mol. The van der Waals surface area contributed by atoms with E-state index in [1.807, 2.05) is 7.11 Å². The minimum atomic E-state index is 0.247. The molecule has 0 heterocycles. The van der Waals surface area contributed by atoms with Crippen LogP contribution in [0.2, 0.25) is 0 Å². The van der Waals surface area contributed by atoms with Crippen LogP contribution in [0.25, 0.3) is 0 Å². The van der Waals surface area contributed by atoms with E-state index in [1.165, 1.54) is 18.4 Å². The summed E-state index contributed by atoms with van der Waals surface area (Å²) in [5.41, 5.74) is 1.64. The van der Waals surface area contributed by atoms with Crippen LogP contribution in [-0.4, -0.2) is 12.7 Å². The van der Waals surface area contributed by atoms with E-state index < -0.39 is 0 Å². The van der Waals surface area contributed by atoms with Gasteiger partial charge >= 0.3 is 0 Å². The van der Waals surface area contributed by atoms with Gasteiger partial charge in [0.25, 0.3) is 0 Å². The minimum Gasteiger partial charge on any atom is -0.378 e. The molecule has 0 atom stereocenters. The molecule has 0 unspecified atom stereocenters. The average molecular weight is 140 g/mol. The highest BCUT2D eigenvalue weighted by atomic mass is 16.5. The Morgan fingerprint density at radius 1 is 1.50 bits per heavy atom. The van der Waals surface area contributed by atoms with Crippen molar-refractivity contribution in [2.45, 2.75) is 38.7 Å². The summed E-state index contributed by atoms with van der Waals surface area (Å²) in [5, 5.41) is 0. The molecule has 0 aromatic carbocycles. The number of ether oxygens (including phenoxy) is 1. The van der Waals surface area contributed by atoms with Crippen molar-refractivity contribution in [1.82, 2.24) is 0 Å². The fourth-order valence-electron chi connectivity index (χ4n) is 1.02. The molecule has 1 rings (SSSR count). The van der Waals surface area contributed by atoms with Gasteiger partial charge in [-0.15, -0.1) is 0 Å². The zero-order valence-corrected chi connectivity index (χ0v) is 7.11. The molecule has 0 bridgehead atoms. The molecule has 1 aliphatic rings. The Kier molecular flexibility index (Phi) is 2.14. The lowest BCUT2D eigenvalue weighted by Gasteiger charge is -2.09. The Morgan fingerprint density at radius 3 is 2.40 bits per heavy atom. The molecule has 1 saturated carbocycles. The van der Waals surface area contributed by atoms with Crippen molar-refractivity contribution in [3.63, 3.8) is 0 Å². The molecule has 0 saturated heterocycles. The molecule has 10 heavy (non-hydrogen) atoms. The Balaban J connectivity index is 2.32. The maximum absolute atomic E-state index is 5.35. The van der Waals surface area contributed by atoms with Crippen LogP contribution in [0, 0.1) is 0 Å². The molecule has 0 radical (unpaired) electrons. The van der Waals surface area contributed by atoms with Gasteiger partial charge in [0.1, 0.15) is 0 Å². The lowest BCUT2D eigenvalue weighted by atomic mass is 10.2. The zero-order valence-electron chi connectivity index (χ0n) is 7.11. The Bertz CT molecular complexity index is 139. The molecule has 1 nitrogen and oxygen atoms in total. The third-order valence-corrected chi connectivity index (χ3v) is 2.12. The number of rotatable bonds is 3. The average Bonchev–Trinajstić information content (AvgIpc) is 2.64. The molecule has 0 spiro atoms. The molecule has 0 aliphatic heterocycles. The lowest BCUT2D eigenvalue weighted by molar-refractivity contribution is 0.0829. The number of methoxy groups -OCH3 is 1. The van der Waals surface area contributed by atoms with E-state index in [0.717, 1.165) is 6.42 Å². The SMILES string of the molecule is COC1(CC=C(C)C)CC1. The molecule has 58 valence electrons. The number of hydrogen-bond donors (Lipinski definition) is 0.